The lowest BCUT2D eigenvalue weighted by molar-refractivity contribution is 0.102. The van der Waals surface area contributed by atoms with E-state index in [2.05, 4.69) is 15.6 Å². The van der Waals surface area contributed by atoms with Gasteiger partial charge in [-0.2, -0.15) is 0 Å². The van der Waals surface area contributed by atoms with Crippen molar-refractivity contribution >= 4 is 34.7 Å². The SMILES string of the molecule is COc1ccc(C(=O)Nc2ccc(Nc3ccc(OC)c(Cl)c3)nc2)cc1. The number of carbonyl (C=O) groups excluding carboxylic acids is 1. The maximum atomic E-state index is 12.3. The third-order valence-corrected chi connectivity index (χ3v) is 4.09. The van der Waals surface area contributed by atoms with Gasteiger partial charge in [-0.3, -0.25) is 4.79 Å². The van der Waals surface area contributed by atoms with Gasteiger partial charge in [0.1, 0.15) is 17.3 Å². The highest BCUT2D eigenvalue weighted by atomic mass is 35.5. The van der Waals surface area contributed by atoms with Crippen LogP contribution in [0.4, 0.5) is 17.2 Å². The maximum absolute atomic E-state index is 12.3. The molecule has 0 aliphatic carbocycles. The number of methoxy groups -OCH3 is 2. The number of hydrogen-bond acceptors (Lipinski definition) is 5. The van der Waals surface area contributed by atoms with E-state index in [9.17, 15) is 4.79 Å². The molecule has 1 aromatic heterocycles. The zero-order valence-corrected chi connectivity index (χ0v) is 15.6. The van der Waals surface area contributed by atoms with Crippen molar-refractivity contribution in [2.45, 2.75) is 0 Å². The van der Waals surface area contributed by atoms with E-state index in [1.54, 1.807) is 68.9 Å². The number of carbonyl (C=O) groups is 1. The minimum atomic E-state index is -0.220. The number of benzene rings is 2. The molecule has 0 saturated heterocycles. The fourth-order valence-corrected chi connectivity index (χ4v) is 2.64. The van der Waals surface area contributed by atoms with Gasteiger partial charge in [0.25, 0.3) is 5.91 Å². The molecule has 1 heterocycles. The number of rotatable bonds is 6. The summed E-state index contributed by atoms with van der Waals surface area (Å²) >= 11 is 6.11. The average molecular weight is 384 g/mol. The Hall–Kier alpha value is -3.25. The van der Waals surface area contributed by atoms with Gasteiger partial charge in [0.2, 0.25) is 0 Å². The smallest absolute Gasteiger partial charge is 0.255 e. The molecule has 6 nitrogen and oxygen atoms in total. The lowest BCUT2D eigenvalue weighted by atomic mass is 10.2. The molecule has 2 aromatic carbocycles. The van der Waals surface area contributed by atoms with E-state index in [1.807, 2.05) is 6.07 Å². The van der Waals surface area contributed by atoms with Crippen molar-refractivity contribution in [3.63, 3.8) is 0 Å². The Labute approximate surface area is 162 Å². The molecule has 1 amide bonds. The highest BCUT2D eigenvalue weighted by Crippen LogP contribution is 2.28. The second-order valence-electron chi connectivity index (χ2n) is 5.59. The Bertz CT molecular complexity index is 928. The third-order valence-electron chi connectivity index (χ3n) is 3.80. The molecule has 2 N–H and O–H groups in total. The topological polar surface area (TPSA) is 72.5 Å². The number of hydrogen-bond donors (Lipinski definition) is 2. The molecule has 0 aliphatic rings. The Morgan fingerprint density at radius 2 is 1.70 bits per heavy atom. The Kier molecular flexibility index (Phi) is 5.78. The minimum Gasteiger partial charge on any atom is -0.497 e. The van der Waals surface area contributed by atoms with Gasteiger partial charge in [0.05, 0.1) is 31.1 Å². The van der Waals surface area contributed by atoms with Gasteiger partial charge >= 0.3 is 0 Å². The van der Waals surface area contributed by atoms with Gasteiger partial charge in [0, 0.05) is 11.3 Å². The van der Waals surface area contributed by atoms with Crippen LogP contribution in [0.1, 0.15) is 10.4 Å². The number of halogens is 1. The number of nitrogens with zero attached hydrogens (tertiary/aromatic N) is 1. The van der Waals surface area contributed by atoms with Crippen LogP contribution < -0.4 is 20.1 Å². The summed E-state index contributed by atoms with van der Waals surface area (Å²) in [5, 5.41) is 6.45. The maximum Gasteiger partial charge on any atom is 0.255 e. The number of nitrogens with one attached hydrogen (secondary N) is 2. The van der Waals surface area contributed by atoms with Crippen LogP contribution in [-0.2, 0) is 0 Å². The standard InChI is InChI=1S/C20H18ClN3O3/c1-26-16-7-3-13(4-8-16)20(25)24-15-6-10-19(22-12-15)23-14-5-9-18(27-2)17(21)11-14/h3-12H,1-2H3,(H,22,23)(H,24,25). The van der Waals surface area contributed by atoms with Crippen molar-refractivity contribution in [1.82, 2.24) is 4.98 Å². The van der Waals surface area contributed by atoms with E-state index in [0.29, 0.717) is 33.6 Å². The molecule has 0 fully saturated rings. The summed E-state index contributed by atoms with van der Waals surface area (Å²) < 4.78 is 10.2. The lowest BCUT2D eigenvalue weighted by Gasteiger charge is -2.10. The minimum absolute atomic E-state index is 0.220. The summed E-state index contributed by atoms with van der Waals surface area (Å²) in [6.07, 6.45) is 1.58. The van der Waals surface area contributed by atoms with Crippen LogP contribution in [-0.4, -0.2) is 25.1 Å². The van der Waals surface area contributed by atoms with Crippen LogP contribution in [0, 0.1) is 0 Å². The number of ether oxygens (including phenoxy) is 2. The summed E-state index contributed by atoms with van der Waals surface area (Å²) in [5.41, 5.74) is 1.91. The number of pyridine rings is 1. The monoisotopic (exact) mass is 383 g/mol. The van der Waals surface area contributed by atoms with Crippen LogP contribution in [0.25, 0.3) is 0 Å². The van der Waals surface area contributed by atoms with E-state index >= 15 is 0 Å². The van der Waals surface area contributed by atoms with Crippen LogP contribution in [0.15, 0.2) is 60.8 Å². The van der Waals surface area contributed by atoms with Gasteiger partial charge in [-0.1, -0.05) is 11.6 Å². The summed E-state index contributed by atoms with van der Waals surface area (Å²) in [6, 6.07) is 15.8. The first kappa shape index (κ1) is 18.5. The third kappa shape index (κ3) is 4.68. The first-order valence-corrected chi connectivity index (χ1v) is 8.49. The fraction of sp³-hybridized carbons (Fsp3) is 0.100. The van der Waals surface area contributed by atoms with E-state index in [-0.39, 0.29) is 5.91 Å². The second kappa shape index (κ2) is 8.42. The van der Waals surface area contributed by atoms with Gasteiger partial charge in [0.15, 0.2) is 0 Å². The lowest BCUT2D eigenvalue weighted by Crippen LogP contribution is -2.12. The molecular formula is C20H18ClN3O3. The Morgan fingerprint density at radius 1 is 0.963 bits per heavy atom. The molecule has 3 rings (SSSR count). The Balaban J connectivity index is 1.64. The Morgan fingerprint density at radius 3 is 2.30 bits per heavy atom. The molecule has 27 heavy (non-hydrogen) atoms. The molecule has 0 radical (unpaired) electrons. The fourth-order valence-electron chi connectivity index (χ4n) is 2.38. The first-order chi connectivity index (χ1) is 13.1. The predicted molar refractivity (Wildman–Crippen MR) is 106 cm³/mol. The summed E-state index contributed by atoms with van der Waals surface area (Å²) in [6.45, 7) is 0. The van der Waals surface area contributed by atoms with Crippen molar-refractivity contribution in [2.24, 2.45) is 0 Å². The molecule has 3 aromatic rings. The van der Waals surface area contributed by atoms with Gasteiger partial charge in [-0.05, 0) is 54.6 Å². The highest BCUT2D eigenvalue weighted by Gasteiger charge is 2.07. The van der Waals surface area contributed by atoms with E-state index in [4.69, 9.17) is 21.1 Å². The molecular weight excluding hydrogens is 366 g/mol. The molecule has 0 unspecified atom stereocenters. The van der Waals surface area contributed by atoms with Crippen LogP contribution in [0.3, 0.4) is 0 Å². The predicted octanol–water partition coefficient (Wildman–Crippen LogP) is 4.75. The molecule has 0 aliphatic heterocycles. The van der Waals surface area contributed by atoms with Gasteiger partial charge < -0.3 is 20.1 Å². The molecule has 0 spiro atoms. The first-order valence-electron chi connectivity index (χ1n) is 8.11. The zero-order valence-electron chi connectivity index (χ0n) is 14.8. The summed E-state index contributed by atoms with van der Waals surface area (Å²) in [5.74, 6) is 1.70. The quantitative estimate of drug-likeness (QED) is 0.642. The van der Waals surface area contributed by atoms with Crippen molar-refractivity contribution in [2.75, 3.05) is 24.9 Å². The van der Waals surface area contributed by atoms with Crippen LogP contribution >= 0.6 is 11.6 Å². The summed E-state index contributed by atoms with van der Waals surface area (Å²) in [4.78, 5) is 16.6. The average Bonchev–Trinajstić information content (AvgIpc) is 2.69. The largest absolute Gasteiger partial charge is 0.497 e. The van der Waals surface area contributed by atoms with E-state index in [1.165, 1.54) is 0 Å². The number of amides is 1. The van der Waals surface area contributed by atoms with E-state index in [0.717, 1.165) is 5.69 Å². The van der Waals surface area contributed by atoms with Gasteiger partial charge in [-0.25, -0.2) is 4.98 Å². The van der Waals surface area contributed by atoms with Crippen LogP contribution in [0.2, 0.25) is 5.02 Å². The molecule has 0 atom stereocenters. The number of aromatic nitrogens is 1. The molecule has 138 valence electrons. The van der Waals surface area contributed by atoms with Crippen molar-refractivity contribution in [1.29, 1.82) is 0 Å². The van der Waals surface area contributed by atoms with E-state index < -0.39 is 0 Å². The molecule has 0 bridgehead atoms. The normalized spacial score (nSPS) is 10.2. The van der Waals surface area contributed by atoms with Crippen LogP contribution in [0.5, 0.6) is 11.5 Å². The second-order valence-corrected chi connectivity index (χ2v) is 6.00. The van der Waals surface area contributed by atoms with Crippen molar-refractivity contribution in [3.05, 3.63) is 71.4 Å². The molecule has 7 heteroatoms. The summed E-state index contributed by atoms with van der Waals surface area (Å²) in [7, 11) is 3.14. The molecule has 0 saturated carbocycles. The van der Waals surface area contributed by atoms with Gasteiger partial charge in [-0.15, -0.1) is 0 Å². The van der Waals surface area contributed by atoms with Crippen molar-refractivity contribution < 1.29 is 14.3 Å². The number of anilines is 3. The highest BCUT2D eigenvalue weighted by molar-refractivity contribution is 6.32. The van der Waals surface area contributed by atoms with Crippen molar-refractivity contribution in [3.8, 4) is 11.5 Å². The zero-order chi connectivity index (χ0) is 19.2.